The maximum atomic E-state index is 12.3. The highest BCUT2D eigenvalue weighted by Gasteiger charge is 2.34. The number of benzene rings is 2. The Morgan fingerprint density at radius 1 is 1.07 bits per heavy atom. The van der Waals surface area contributed by atoms with Crippen LogP contribution in [0.15, 0.2) is 60.7 Å². The van der Waals surface area contributed by atoms with E-state index < -0.39 is 5.60 Å². The standard InChI is InChI=1S/C24H32N2O2/c1-24(2,3)28-23(27)26-17-21(20-14-15-25-16-20)22(18-10-6-4-7-11-18)19-12-8-5-9-13-19/h4-13,20-22,25H,14-17H2,1-3H3,(H,26,27). The van der Waals surface area contributed by atoms with Gasteiger partial charge in [-0.25, -0.2) is 4.79 Å². The first-order valence-corrected chi connectivity index (χ1v) is 10.2. The SMILES string of the molecule is CC(C)(C)OC(=O)NCC(C1CCNC1)C(c1ccccc1)c1ccccc1. The van der Waals surface area contributed by atoms with Gasteiger partial charge in [-0.15, -0.1) is 0 Å². The van der Waals surface area contributed by atoms with Crippen molar-refractivity contribution in [1.82, 2.24) is 10.6 Å². The lowest BCUT2D eigenvalue weighted by molar-refractivity contribution is 0.0511. The van der Waals surface area contributed by atoms with Gasteiger partial charge in [0.15, 0.2) is 0 Å². The van der Waals surface area contributed by atoms with E-state index in [2.05, 4.69) is 71.3 Å². The van der Waals surface area contributed by atoms with Crippen LogP contribution in [0, 0.1) is 11.8 Å². The van der Waals surface area contributed by atoms with Crippen LogP contribution in [-0.2, 0) is 4.74 Å². The maximum Gasteiger partial charge on any atom is 0.407 e. The van der Waals surface area contributed by atoms with E-state index in [1.54, 1.807) is 0 Å². The summed E-state index contributed by atoms with van der Waals surface area (Å²) in [7, 11) is 0. The molecule has 1 heterocycles. The van der Waals surface area contributed by atoms with Gasteiger partial charge in [-0.05, 0) is 63.2 Å². The van der Waals surface area contributed by atoms with Crippen molar-refractivity contribution in [2.24, 2.45) is 11.8 Å². The van der Waals surface area contributed by atoms with E-state index in [9.17, 15) is 4.79 Å². The molecule has 0 aromatic heterocycles. The molecule has 3 rings (SSSR count). The first kappa shape index (κ1) is 20.4. The molecule has 150 valence electrons. The third kappa shape index (κ3) is 5.59. The zero-order valence-corrected chi connectivity index (χ0v) is 17.2. The molecular formula is C24H32N2O2. The number of carbonyl (C=O) groups is 1. The largest absolute Gasteiger partial charge is 0.444 e. The number of nitrogens with one attached hydrogen (secondary N) is 2. The number of hydrogen-bond donors (Lipinski definition) is 2. The Morgan fingerprint density at radius 2 is 1.64 bits per heavy atom. The van der Waals surface area contributed by atoms with Gasteiger partial charge in [0.2, 0.25) is 0 Å². The molecule has 1 saturated heterocycles. The molecule has 0 bridgehead atoms. The van der Waals surface area contributed by atoms with Crippen LogP contribution in [-0.4, -0.2) is 31.3 Å². The van der Waals surface area contributed by atoms with Crippen molar-refractivity contribution in [3.8, 4) is 0 Å². The van der Waals surface area contributed by atoms with E-state index in [1.807, 2.05) is 20.8 Å². The van der Waals surface area contributed by atoms with Crippen molar-refractivity contribution in [3.05, 3.63) is 71.8 Å². The molecular weight excluding hydrogens is 348 g/mol. The second-order valence-electron chi connectivity index (χ2n) is 8.60. The summed E-state index contributed by atoms with van der Waals surface area (Å²) in [5.74, 6) is 1.01. The molecule has 4 nitrogen and oxygen atoms in total. The molecule has 1 aliphatic heterocycles. The fourth-order valence-electron chi connectivity index (χ4n) is 4.12. The van der Waals surface area contributed by atoms with Crippen LogP contribution in [0.1, 0.15) is 44.2 Å². The molecule has 2 aromatic rings. The molecule has 1 amide bonds. The Morgan fingerprint density at radius 3 is 2.11 bits per heavy atom. The van der Waals surface area contributed by atoms with Gasteiger partial charge in [-0.2, -0.15) is 0 Å². The molecule has 1 aliphatic rings. The number of hydrogen-bond acceptors (Lipinski definition) is 3. The van der Waals surface area contributed by atoms with Crippen LogP contribution in [0.2, 0.25) is 0 Å². The van der Waals surface area contributed by atoms with Gasteiger partial charge in [0.05, 0.1) is 0 Å². The summed E-state index contributed by atoms with van der Waals surface area (Å²) in [6.45, 7) is 8.28. The van der Waals surface area contributed by atoms with Crippen LogP contribution in [0.5, 0.6) is 0 Å². The minimum Gasteiger partial charge on any atom is -0.444 e. The Balaban J connectivity index is 1.88. The third-order valence-corrected chi connectivity index (χ3v) is 5.33. The number of rotatable bonds is 6. The highest BCUT2D eigenvalue weighted by atomic mass is 16.6. The third-order valence-electron chi connectivity index (χ3n) is 5.33. The summed E-state index contributed by atoms with van der Waals surface area (Å²) in [5.41, 5.74) is 2.08. The molecule has 0 saturated carbocycles. The van der Waals surface area contributed by atoms with Crippen molar-refractivity contribution < 1.29 is 9.53 Å². The van der Waals surface area contributed by atoms with Crippen molar-refractivity contribution in [1.29, 1.82) is 0 Å². The lowest BCUT2D eigenvalue weighted by Gasteiger charge is -2.33. The minimum absolute atomic E-state index is 0.224. The predicted molar refractivity (Wildman–Crippen MR) is 113 cm³/mol. The van der Waals surface area contributed by atoms with E-state index in [0.717, 1.165) is 19.5 Å². The summed E-state index contributed by atoms with van der Waals surface area (Å²) in [5, 5.41) is 6.54. The molecule has 4 heteroatoms. The Labute approximate surface area is 168 Å². The Kier molecular flexibility index (Phi) is 6.74. The van der Waals surface area contributed by atoms with Crippen LogP contribution >= 0.6 is 0 Å². The summed E-state index contributed by atoms with van der Waals surface area (Å²) in [6, 6.07) is 21.3. The predicted octanol–water partition coefficient (Wildman–Crippen LogP) is 4.57. The van der Waals surface area contributed by atoms with Crippen LogP contribution in [0.3, 0.4) is 0 Å². The molecule has 2 atom stereocenters. The van der Waals surface area contributed by atoms with E-state index in [0.29, 0.717) is 12.5 Å². The highest BCUT2D eigenvalue weighted by molar-refractivity contribution is 5.67. The maximum absolute atomic E-state index is 12.3. The lowest BCUT2D eigenvalue weighted by atomic mass is 9.74. The normalized spacial score (nSPS) is 18.1. The van der Waals surface area contributed by atoms with Crippen molar-refractivity contribution in [2.45, 2.75) is 38.7 Å². The minimum atomic E-state index is -0.493. The highest BCUT2D eigenvalue weighted by Crippen LogP contribution is 2.38. The molecule has 28 heavy (non-hydrogen) atoms. The fraction of sp³-hybridized carbons (Fsp3) is 0.458. The lowest BCUT2D eigenvalue weighted by Crippen LogP contribution is -2.39. The average molecular weight is 381 g/mol. The monoisotopic (exact) mass is 380 g/mol. The van der Waals surface area contributed by atoms with Crippen molar-refractivity contribution in [2.75, 3.05) is 19.6 Å². The first-order chi connectivity index (χ1) is 13.4. The molecule has 2 aromatic carbocycles. The van der Waals surface area contributed by atoms with Gasteiger partial charge in [0, 0.05) is 12.5 Å². The van der Waals surface area contributed by atoms with Crippen molar-refractivity contribution >= 4 is 6.09 Å². The molecule has 0 aliphatic carbocycles. The zero-order chi connectivity index (χ0) is 20.0. The number of carbonyl (C=O) groups excluding carboxylic acids is 1. The zero-order valence-electron chi connectivity index (χ0n) is 17.2. The molecule has 2 N–H and O–H groups in total. The summed E-state index contributed by atoms with van der Waals surface area (Å²) in [4.78, 5) is 12.3. The number of alkyl carbamates (subject to hydrolysis) is 1. The second kappa shape index (κ2) is 9.24. The second-order valence-corrected chi connectivity index (χ2v) is 8.60. The number of amides is 1. The Hall–Kier alpha value is -2.33. The van der Waals surface area contributed by atoms with E-state index >= 15 is 0 Å². The van der Waals surface area contributed by atoms with Gasteiger partial charge in [-0.1, -0.05) is 60.7 Å². The van der Waals surface area contributed by atoms with Crippen LogP contribution in [0.25, 0.3) is 0 Å². The van der Waals surface area contributed by atoms with Gasteiger partial charge in [-0.3, -0.25) is 0 Å². The summed E-state index contributed by atoms with van der Waals surface area (Å²) in [6.07, 6.45) is 0.778. The number of ether oxygens (including phenoxy) is 1. The Bertz CT molecular complexity index is 695. The molecule has 1 fully saturated rings. The summed E-state index contributed by atoms with van der Waals surface area (Å²) >= 11 is 0. The summed E-state index contributed by atoms with van der Waals surface area (Å²) < 4.78 is 5.48. The smallest absolute Gasteiger partial charge is 0.407 e. The van der Waals surface area contributed by atoms with Gasteiger partial charge >= 0.3 is 6.09 Å². The quantitative estimate of drug-likeness (QED) is 0.772. The van der Waals surface area contributed by atoms with Crippen molar-refractivity contribution in [3.63, 3.8) is 0 Å². The van der Waals surface area contributed by atoms with E-state index in [4.69, 9.17) is 4.74 Å². The first-order valence-electron chi connectivity index (χ1n) is 10.2. The van der Waals surface area contributed by atoms with Crippen LogP contribution < -0.4 is 10.6 Å². The van der Waals surface area contributed by atoms with Crippen LogP contribution in [0.4, 0.5) is 4.79 Å². The van der Waals surface area contributed by atoms with Gasteiger partial charge in [0.1, 0.15) is 5.60 Å². The van der Waals surface area contributed by atoms with Gasteiger partial charge < -0.3 is 15.4 Å². The average Bonchev–Trinajstić information content (AvgIpc) is 3.19. The van der Waals surface area contributed by atoms with E-state index in [1.165, 1.54) is 11.1 Å². The molecule has 0 radical (unpaired) electrons. The molecule has 2 unspecified atom stereocenters. The van der Waals surface area contributed by atoms with Gasteiger partial charge in [0.25, 0.3) is 0 Å². The molecule has 0 spiro atoms. The topological polar surface area (TPSA) is 50.4 Å². The fourth-order valence-corrected chi connectivity index (χ4v) is 4.12. The van der Waals surface area contributed by atoms with E-state index in [-0.39, 0.29) is 17.9 Å².